The fourth-order valence-corrected chi connectivity index (χ4v) is 3.30. The van der Waals surface area contributed by atoms with E-state index in [4.69, 9.17) is 5.73 Å². The van der Waals surface area contributed by atoms with Gasteiger partial charge in [-0.25, -0.2) is 0 Å². The molecule has 36 heavy (non-hydrogen) atoms. The highest BCUT2D eigenvalue weighted by Crippen LogP contribution is 2.16. The fourth-order valence-electron chi connectivity index (χ4n) is 3.30. The summed E-state index contributed by atoms with van der Waals surface area (Å²) in [7, 11) is 0. The number of nitro groups is 1. The normalized spacial score (nSPS) is 12.0. The van der Waals surface area contributed by atoms with E-state index in [2.05, 4.69) is 21.3 Å². The first-order valence-corrected chi connectivity index (χ1v) is 11.1. The minimum Gasteiger partial charge on any atom is -0.358 e. The lowest BCUT2D eigenvalue weighted by Gasteiger charge is -2.24. The van der Waals surface area contributed by atoms with Gasteiger partial charge in [0.1, 0.15) is 6.04 Å². The largest absolute Gasteiger partial charge is 0.358 e. The van der Waals surface area contributed by atoms with Gasteiger partial charge in [0, 0.05) is 29.9 Å². The highest BCUT2D eigenvalue weighted by molar-refractivity contribution is 5.99. The quantitative estimate of drug-likeness (QED) is 0.155. The Balaban J connectivity index is 1.80. The number of nitrogens with one attached hydrogen (secondary N) is 4. The van der Waals surface area contributed by atoms with Gasteiger partial charge in [-0.15, -0.1) is 0 Å². The SMILES string of the molecule is NCC(=O)N[C@@H](Nc1ccc([N+](=O)[O-])cc1)C(=O)N[C@@H](Cc1ccccc1)C(=O)Nc1ccccc1. The Labute approximate surface area is 207 Å². The van der Waals surface area contributed by atoms with Gasteiger partial charge >= 0.3 is 0 Å². The number of nitrogens with zero attached hydrogens (tertiary/aromatic N) is 1. The first-order valence-electron chi connectivity index (χ1n) is 11.1. The summed E-state index contributed by atoms with van der Waals surface area (Å²) >= 11 is 0. The van der Waals surface area contributed by atoms with Crippen molar-refractivity contribution in [2.24, 2.45) is 5.73 Å². The van der Waals surface area contributed by atoms with Crippen molar-refractivity contribution in [2.45, 2.75) is 18.6 Å². The van der Waals surface area contributed by atoms with E-state index in [0.717, 1.165) is 5.56 Å². The molecule has 2 atom stereocenters. The van der Waals surface area contributed by atoms with Gasteiger partial charge in [-0.2, -0.15) is 0 Å². The summed E-state index contributed by atoms with van der Waals surface area (Å²) < 4.78 is 0. The number of non-ortho nitro benzene ring substituents is 1. The average molecular weight is 491 g/mol. The van der Waals surface area contributed by atoms with Crippen LogP contribution in [0.25, 0.3) is 0 Å². The van der Waals surface area contributed by atoms with Crippen LogP contribution in [0, 0.1) is 10.1 Å². The number of rotatable bonds is 11. The van der Waals surface area contributed by atoms with Gasteiger partial charge in [-0.1, -0.05) is 48.5 Å². The Kier molecular flexibility index (Phi) is 9.06. The monoisotopic (exact) mass is 490 g/mol. The molecule has 6 N–H and O–H groups in total. The highest BCUT2D eigenvalue weighted by Gasteiger charge is 2.27. The van der Waals surface area contributed by atoms with Crippen LogP contribution in [0.3, 0.4) is 0 Å². The van der Waals surface area contributed by atoms with E-state index in [1.807, 2.05) is 36.4 Å². The van der Waals surface area contributed by atoms with Crippen LogP contribution in [0.1, 0.15) is 5.56 Å². The molecule has 0 heterocycles. The van der Waals surface area contributed by atoms with Crippen molar-refractivity contribution in [1.82, 2.24) is 10.6 Å². The van der Waals surface area contributed by atoms with E-state index < -0.39 is 34.9 Å². The molecule has 0 unspecified atom stereocenters. The molecule has 3 rings (SSSR count). The van der Waals surface area contributed by atoms with Crippen LogP contribution in [-0.2, 0) is 20.8 Å². The zero-order chi connectivity index (χ0) is 25.9. The Morgan fingerprint density at radius 2 is 1.42 bits per heavy atom. The van der Waals surface area contributed by atoms with E-state index in [1.165, 1.54) is 24.3 Å². The molecule has 0 spiro atoms. The second kappa shape index (κ2) is 12.6. The third kappa shape index (κ3) is 7.64. The Hall–Kier alpha value is -4.77. The summed E-state index contributed by atoms with van der Waals surface area (Å²) in [5, 5.41) is 21.6. The van der Waals surface area contributed by atoms with Gasteiger partial charge < -0.3 is 27.0 Å². The van der Waals surface area contributed by atoms with Crippen LogP contribution in [0.4, 0.5) is 17.1 Å². The van der Waals surface area contributed by atoms with E-state index >= 15 is 0 Å². The van der Waals surface area contributed by atoms with Gasteiger partial charge in [-0.05, 0) is 29.8 Å². The van der Waals surface area contributed by atoms with Crippen LogP contribution in [0.15, 0.2) is 84.9 Å². The van der Waals surface area contributed by atoms with Crippen LogP contribution >= 0.6 is 0 Å². The Morgan fingerprint density at radius 3 is 2.00 bits per heavy atom. The lowest BCUT2D eigenvalue weighted by atomic mass is 10.0. The van der Waals surface area contributed by atoms with Gasteiger partial charge in [0.2, 0.25) is 11.8 Å². The Morgan fingerprint density at radius 1 is 0.806 bits per heavy atom. The molecule has 0 aliphatic rings. The summed E-state index contributed by atoms with van der Waals surface area (Å²) in [5.74, 6) is -1.75. The summed E-state index contributed by atoms with van der Waals surface area (Å²) in [6.45, 7) is -0.367. The maximum atomic E-state index is 13.2. The summed E-state index contributed by atoms with van der Waals surface area (Å²) in [5.41, 5.74) is 6.98. The van der Waals surface area contributed by atoms with Gasteiger partial charge in [0.15, 0.2) is 6.17 Å². The van der Waals surface area contributed by atoms with Crippen LogP contribution in [-0.4, -0.2) is 41.4 Å². The predicted molar refractivity (Wildman–Crippen MR) is 135 cm³/mol. The standard InChI is InChI=1S/C25H26N6O5/c26-16-22(32)30-23(27-19-11-13-20(14-12-19)31(35)36)25(34)29-21(15-17-7-3-1-4-8-17)24(33)28-18-9-5-2-6-10-18/h1-14,21,23,27H,15-16,26H2,(H,28,33)(H,29,34)(H,30,32)/t21-,23+/m0/s1. The summed E-state index contributed by atoms with van der Waals surface area (Å²) in [4.78, 5) is 48.7. The van der Waals surface area contributed by atoms with Crippen LogP contribution < -0.4 is 27.0 Å². The molecule has 0 aromatic heterocycles. The molecule has 0 aliphatic heterocycles. The third-order valence-corrected chi connectivity index (χ3v) is 5.10. The van der Waals surface area contributed by atoms with Gasteiger partial charge in [-0.3, -0.25) is 24.5 Å². The van der Waals surface area contributed by atoms with Crippen LogP contribution in [0.2, 0.25) is 0 Å². The topological polar surface area (TPSA) is 168 Å². The number of amides is 3. The van der Waals surface area contributed by atoms with E-state index in [9.17, 15) is 24.5 Å². The zero-order valence-electron chi connectivity index (χ0n) is 19.2. The van der Waals surface area contributed by atoms with E-state index in [0.29, 0.717) is 11.4 Å². The number of carbonyl (C=O) groups excluding carboxylic acids is 3. The predicted octanol–water partition coefficient (Wildman–Crippen LogP) is 1.77. The smallest absolute Gasteiger partial charge is 0.269 e. The number of benzene rings is 3. The molecule has 0 bridgehead atoms. The highest BCUT2D eigenvalue weighted by atomic mass is 16.6. The maximum Gasteiger partial charge on any atom is 0.269 e. The van der Waals surface area contributed by atoms with Crippen molar-refractivity contribution in [3.05, 3.63) is 101 Å². The minimum atomic E-state index is -1.30. The average Bonchev–Trinajstić information content (AvgIpc) is 2.89. The van der Waals surface area contributed by atoms with Crippen molar-refractivity contribution >= 4 is 34.8 Å². The number of hydrogen-bond donors (Lipinski definition) is 5. The molecule has 11 nitrogen and oxygen atoms in total. The molecule has 0 fully saturated rings. The number of carbonyl (C=O) groups is 3. The molecule has 0 radical (unpaired) electrons. The van der Waals surface area contributed by atoms with Gasteiger partial charge in [0.25, 0.3) is 11.6 Å². The number of hydrogen-bond acceptors (Lipinski definition) is 7. The molecule has 3 amide bonds. The molecule has 11 heteroatoms. The first-order chi connectivity index (χ1) is 17.4. The first kappa shape index (κ1) is 25.8. The van der Waals surface area contributed by atoms with Crippen LogP contribution in [0.5, 0.6) is 0 Å². The number of nitrogens with two attached hydrogens (primary N) is 1. The van der Waals surface area contributed by atoms with Crippen molar-refractivity contribution in [3.63, 3.8) is 0 Å². The maximum absolute atomic E-state index is 13.2. The van der Waals surface area contributed by atoms with Gasteiger partial charge in [0.05, 0.1) is 11.5 Å². The minimum absolute atomic E-state index is 0.131. The zero-order valence-corrected chi connectivity index (χ0v) is 19.2. The lowest BCUT2D eigenvalue weighted by molar-refractivity contribution is -0.384. The number of nitro benzene ring substituents is 1. The second-order valence-electron chi connectivity index (χ2n) is 7.76. The molecule has 3 aromatic rings. The number of para-hydroxylation sites is 1. The number of anilines is 2. The molecular weight excluding hydrogens is 464 g/mol. The summed E-state index contributed by atoms with van der Waals surface area (Å²) in [6, 6.07) is 22.3. The van der Waals surface area contributed by atoms with Crippen molar-refractivity contribution in [2.75, 3.05) is 17.2 Å². The fraction of sp³-hybridized carbons (Fsp3) is 0.160. The molecule has 0 saturated heterocycles. The molecule has 186 valence electrons. The Bertz CT molecular complexity index is 1190. The van der Waals surface area contributed by atoms with Crippen molar-refractivity contribution in [1.29, 1.82) is 0 Å². The van der Waals surface area contributed by atoms with E-state index in [1.54, 1.807) is 24.3 Å². The van der Waals surface area contributed by atoms with Crippen molar-refractivity contribution in [3.8, 4) is 0 Å². The second-order valence-corrected chi connectivity index (χ2v) is 7.76. The summed E-state index contributed by atoms with van der Waals surface area (Å²) in [6.07, 6.45) is -1.11. The lowest BCUT2D eigenvalue weighted by Crippen LogP contribution is -2.56. The van der Waals surface area contributed by atoms with Crippen molar-refractivity contribution < 1.29 is 19.3 Å². The third-order valence-electron chi connectivity index (χ3n) is 5.10. The molecule has 0 saturated carbocycles. The molecule has 3 aromatic carbocycles. The molecule has 0 aliphatic carbocycles. The van der Waals surface area contributed by atoms with E-state index in [-0.39, 0.29) is 18.7 Å². The molecular formula is C25H26N6O5.